The number of halogens is 1. The van der Waals surface area contributed by atoms with Crippen molar-refractivity contribution in [1.29, 1.82) is 0 Å². The standard InChI is InChI=1S/C25H16BrN3/c26-19-13-7-15-21-23(19)28(18-11-5-2-6-12-18)22-16-8-14-20-24(22)29(21)25(27-20)17-9-3-1-4-10-17/h1-16H. The van der Waals surface area contributed by atoms with Crippen LogP contribution in [0.3, 0.4) is 0 Å². The van der Waals surface area contributed by atoms with E-state index in [1.807, 2.05) is 12.1 Å². The van der Waals surface area contributed by atoms with Crippen molar-refractivity contribution in [2.75, 3.05) is 4.90 Å². The summed E-state index contributed by atoms with van der Waals surface area (Å²) in [6.45, 7) is 0. The van der Waals surface area contributed by atoms with Gasteiger partial charge in [-0.05, 0) is 52.3 Å². The molecule has 4 aromatic carbocycles. The minimum absolute atomic E-state index is 0.958. The molecule has 5 aromatic rings. The zero-order chi connectivity index (χ0) is 19.4. The van der Waals surface area contributed by atoms with Crippen molar-refractivity contribution < 1.29 is 0 Å². The predicted octanol–water partition coefficient (Wildman–Crippen LogP) is 7.24. The topological polar surface area (TPSA) is 21.1 Å². The highest BCUT2D eigenvalue weighted by molar-refractivity contribution is 9.10. The third-order valence-corrected chi connectivity index (χ3v) is 6.01. The van der Waals surface area contributed by atoms with Crippen LogP contribution in [0.2, 0.25) is 0 Å². The van der Waals surface area contributed by atoms with Crippen molar-refractivity contribution in [2.24, 2.45) is 0 Å². The van der Waals surface area contributed by atoms with E-state index < -0.39 is 0 Å². The molecule has 0 atom stereocenters. The molecule has 0 fully saturated rings. The van der Waals surface area contributed by atoms with Gasteiger partial charge in [0.15, 0.2) is 0 Å². The van der Waals surface area contributed by atoms with Crippen LogP contribution >= 0.6 is 15.9 Å². The lowest BCUT2D eigenvalue weighted by Crippen LogP contribution is -2.19. The maximum Gasteiger partial charge on any atom is 0.145 e. The molecule has 0 saturated carbocycles. The second-order valence-electron chi connectivity index (χ2n) is 7.06. The Balaban J connectivity index is 1.77. The molecule has 2 heterocycles. The van der Waals surface area contributed by atoms with Crippen molar-refractivity contribution in [3.63, 3.8) is 0 Å². The third-order valence-electron chi connectivity index (χ3n) is 5.37. The molecule has 3 nitrogen and oxygen atoms in total. The number of fused-ring (bicyclic) bond motifs is 2. The van der Waals surface area contributed by atoms with E-state index in [0.717, 1.165) is 49.6 Å². The monoisotopic (exact) mass is 437 g/mol. The number of aromatic nitrogens is 2. The van der Waals surface area contributed by atoms with Gasteiger partial charge in [0.05, 0.1) is 28.1 Å². The molecule has 0 unspecified atom stereocenters. The van der Waals surface area contributed by atoms with Crippen molar-refractivity contribution in [3.05, 3.63) is 102 Å². The molecular weight excluding hydrogens is 422 g/mol. The predicted molar refractivity (Wildman–Crippen MR) is 122 cm³/mol. The molecule has 1 aromatic heterocycles. The molecule has 138 valence electrons. The lowest BCUT2D eigenvalue weighted by Gasteiger charge is -2.33. The number of para-hydroxylation sites is 3. The Kier molecular flexibility index (Phi) is 3.61. The number of benzene rings is 4. The lowest BCUT2D eigenvalue weighted by atomic mass is 10.1. The molecule has 0 bridgehead atoms. The van der Waals surface area contributed by atoms with Gasteiger partial charge < -0.3 is 4.90 Å². The SMILES string of the molecule is Brc1cccc2c1N(c1ccccc1)c1cccc3nc(-c4ccccc4)n-2c13. The van der Waals surface area contributed by atoms with Gasteiger partial charge >= 0.3 is 0 Å². The van der Waals surface area contributed by atoms with Crippen LogP contribution in [0.5, 0.6) is 0 Å². The molecule has 0 saturated heterocycles. The van der Waals surface area contributed by atoms with Crippen molar-refractivity contribution in [2.45, 2.75) is 0 Å². The minimum atomic E-state index is 0.958. The second-order valence-corrected chi connectivity index (χ2v) is 7.91. The first-order chi connectivity index (χ1) is 14.3. The fourth-order valence-electron chi connectivity index (χ4n) is 4.18. The summed E-state index contributed by atoms with van der Waals surface area (Å²) in [7, 11) is 0. The third kappa shape index (κ3) is 2.39. The summed E-state index contributed by atoms with van der Waals surface area (Å²) in [5, 5.41) is 0. The van der Waals surface area contributed by atoms with E-state index in [2.05, 4.69) is 110 Å². The van der Waals surface area contributed by atoms with Crippen molar-refractivity contribution >= 4 is 44.0 Å². The molecule has 29 heavy (non-hydrogen) atoms. The van der Waals surface area contributed by atoms with Gasteiger partial charge in [0, 0.05) is 15.7 Å². The largest absolute Gasteiger partial charge is 0.305 e. The van der Waals surface area contributed by atoms with Gasteiger partial charge in [0.25, 0.3) is 0 Å². The van der Waals surface area contributed by atoms with Crippen LogP contribution in [0.4, 0.5) is 17.1 Å². The average molecular weight is 438 g/mol. The van der Waals surface area contributed by atoms with Gasteiger partial charge in [-0.2, -0.15) is 0 Å². The molecule has 0 radical (unpaired) electrons. The Labute approximate surface area is 177 Å². The van der Waals surface area contributed by atoms with E-state index >= 15 is 0 Å². The summed E-state index contributed by atoms with van der Waals surface area (Å²) in [4.78, 5) is 7.35. The van der Waals surface area contributed by atoms with Crippen molar-refractivity contribution in [3.8, 4) is 17.1 Å². The fourth-order valence-corrected chi connectivity index (χ4v) is 4.71. The van der Waals surface area contributed by atoms with Gasteiger partial charge in [-0.15, -0.1) is 0 Å². The number of rotatable bonds is 2. The van der Waals surface area contributed by atoms with Gasteiger partial charge in [-0.1, -0.05) is 60.7 Å². The van der Waals surface area contributed by atoms with Gasteiger partial charge in [-0.3, -0.25) is 4.57 Å². The summed E-state index contributed by atoms with van der Waals surface area (Å²) in [6.07, 6.45) is 0. The normalized spacial score (nSPS) is 12.2. The Bertz CT molecular complexity index is 1360. The highest BCUT2D eigenvalue weighted by Gasteiger charge is 2.30. The Morgan fingerprint density at radius 2 is 1.34 bits per heavy atom. The lowest BCUT2D eigenvalue weighted by molar-refractivity contribution is 1.06. The summed E-state index contributed by atoms with van der Waals surface area (Å²) < 4.78 is 3.34. The summed E-state index contributed by atoms with van der Waals surface area (Å²) in [5.41, 5.74) is 7.71. The van der Waals surface area contributed by atoms with Crippen molar-refractivity contribution in [1.82, 2.24) is 9.55 Å². The van der Waals surface area contributed by atoms with Gasteiger partial charge in [-0.25, -0.2) is 4.98 Å². The highest BCUT2D eigenvalue weighted by atomic mass is 79.9. The first-order valence-corrected chi connectivity index (χ1v) is 10.3. The van der Waals surface area contributed by atoms with Crippen LogP contribution in [0.25, 0.3) is 28.1 Å². The van der Waals surface area contributed by atoms with E-state index in [-0.39, 0.29) is 0 Å². The van der Waals surface area contributed by atoms with E-state index in [4.69, 9.17) is 4.98 Å². The van der Waals surface area contributed by atoms with Crippen LogP contribution in [0, 0.1) is 0 Å². The van der Waals surface area contributed by atoms with Crippen LogP contribution in [-0.2, 0) is 0 Å². The molecule has 0 aliphatic carbocycles. The zero-order valence-corrected chi connectivity index (χ0v) is 17.0. The Morgan fingerprint density at radius 1 is 0.655 bits per heavy atom. The number of imidazole rings is 1. The first-order valence-electron chi connectivity index (χ1n) is 9.54. The Hall–Kier alpha value is -3.37. The van der Waals surface area contributed by atoms with Crippen LogP contribution in [-0.4, -0.2) is 9.55 Å². The van der Waals surface area contributed by atoms with E-state index in [1.165, 1.54) is 0 Å². The molecular formula is C25H16BrN3. The summed E-state index contributed by atoms with van der Waals surface area (Å²) >= 11 is 3.81. The molecule has 1 aliphatic rings. The number of nitrogens with zero attached hydrogens (tertiary/aromatic N) is 3. The summed E-state index contributed by atoms with van der Waals surface area (Å²) in [6, 6.07) is 33.6. The molecule has 0 spiro atoms. The zero-order valence-electron chi connectivity index (χ0n) is 15.5. The molecule has 0 N–H and O–H groups in total. The van der Waals surface area contributed by atoms with E-state index in [0.29, 0.717) is 0 Å². The maximum atomic E-state index is 5.03. The minimum Gasteiger partial charge on any atom is -0.305 e. The number of hydrogen-bond donors (Lipinski definition) is 0. The van der Waals surface area contributed by atoms with Gasteiger partial charge in [0.1, 0.15) is 5.82 Å². The second kappa shape index (κ2) is 6.33. The first kappa shape index (κ1) is 16.6. The quantitative estimate of drug-likeness (QED) is 0.284. The summed E-state index contributed by atoms with van der Waals surface area (Å²) in [5.74, 6) is 0.958. The molecule has 6 rings (SSSR count). The number of hydrogen-bond acceptors (Lipinski definition) is 2. The smallest absolute Gasteiger partial charge is 0.145 e. The maximum absolute atomic E-state index is 5.03. The molecule has 1 aliphatic heterocycles. The van der Waals surface area contributed by atoms with Gasteiger partial charge in [0.2, 0.25) is 0 Å². The van der Waals surface area contributed by atoms with Crippen LogP contribution < -0.4 is 4.90 Å². The molecule has 4 heteroatoms. The van der Waals surface area contributed by atoms with E-state index in [1.54, 1.807) is 0 Å². The van der Waals surface area contributed by atoms with E-state index in [9.17, 15) is 0 Å². The molecule has 0 amide bonds. The van der Waals surface area contributed by atoms with Crippen LogP contribution in [0.15, 0.2) is 102 Å². The highest BCUT2D eigenvalue weighted by Crippen LogP contribution is 2.50. The van der Waals surface area contributed by atoms with Crippen LogP contribution in [0.1, 0.15) is 0 Å². The fraction of sp³-hybridized carbons (Fsp3) is 0. The average Bonchev–Trinajstić information content (AvgIpc) is 3.17. The Morgan fingerprint density at radius 3 is 2.14 bits per heavy atom. The number of anilines is 3.